The summed E-state index contributed by atoms with van der Waals surface area (Å²) in [6.45, 7) is 1.43. The van der Waals surface area contributed by atoms with Crippen molar-refractivity contribution in [2.24, 2.45) is 0 Å². The minimum Gasteiger partial charge on any atom is -0.354 e. The molecule has 6 heteroatoms. The van der Waals surface area contributed by atoms with Gasteiger partial charge in [-0.25, -0.2) is 4.98 Å². The van der Waals surface area contributed by atoms with Crippen molar-refractivity contribution in [2.45, 2.75) is 6.42 Å². The Morgan fingerprint density at radius 1 is 1.39 bits per heavy atom. The molecule has 96 valence electrons. The van der Waals surface area contributed by atoms with Crippen molar-refractivity contribution < 1.29 is 4.79 Å². The van der Waals surface area contributed by atoms with Crippen LogP contribution >= 0.6 is 22.7 Å². The quantitative estimate of drug-likeness (QED) is 0.793. The molecule has 0 aromatic carbocycles. The molecule has 0 spiro atoms. The van der Waals surface area contributed by atoms with E-state index in [0.717, 1.165) is 22.1 Å². The fourth-order valence-corrected chi connectivity index (χ4v) is 3.09. The number of thiophene rings is 1. The summed E-state index contributed by atoms with van der Waals surface area (Å²) in [4.78, 5) is 17.2. The monoisotopic (exact) mass is 281 g/mol. The average Bonchev–Trinajstić information content (AvgIpc) is 2.98. The highest BCUT2D eigenvalue weighted by Gasteiger charge is 2.08. The lowest BCUT2D eigenvalue weighted by molar-refractivity contribution is -0.120. The van der Waals surface area contributed by atoms with E-state index in [2.05, 4.69) is 15.6 Å². The fourth-order valence-electron chi connectivity index (χ4n) is 1.46. The SMILES string of the molecule is CNCCNC(=O)Cc1csc(-c2cccs2)n1. The summed E-state index contributed by atoms with van der Waals surface area (Å²) in [6.07, 6.45) is 0.353. The van der Waals surface area contributed by atoms with Crippen LogP contribution in [0.2, 0.25) is 0 Å². The van der Waals surface area contributed by atoms with Crippen LogP contribution < -0.4 is 10.6 Å². The molecule has 1 amide bonds. The van der Waals surface area contributed by atoms with Gasteiger partial charge in [-0.3, -0.25) is 4.79 Å². The lowest BCUT2D eigenvalue weighted by Crippen LogP contribution is -2.31. The second-order valence-corrected chi connectivity index (χ2v) is 5.56. The number of nitrogens with one attached hydrogen (secondary N) is 2. The zero-order chi connectivity index (χ0) is 12.8. The van der Waals surface area contributed by atoms with Crippen molar-refractivity contribution in [1.82, 2.24) is 15.6 Å². The van der Waals surface area contributed by atoms with Crippen molar-refractivity contribution >= 4 is 28.6 Å². The molecule has 2 heterocycles. The van der Waals surface area contributed by atoms with Gasteiger partial charge in [-0.1, -0.05) is 6.07 Å². The van der Waals surface area contributed by atoms with Gasteiger partial charge in [0.25, 0.3) is 0 Å². The Labute approximate surface area is 114 Å². The molecular formula is C12H15N3OS2. The summed E-state index contributed by atoms with van der Waals surface area (Å²) in [7, 11) is 1.86. The number of rotatable bonds is 6. The van der Waals surface area contributed by atoms with Crippen LogP contribution in [0.4, 0.5) is 0 Å². The third kappa shape index (κ3) is 3.63. The molecule has 2 N–H and O–H groups in total. The molecule has 0 aliphatic rings. The standard InChI is InChI=1S/C12H15N3OS2/c1-13-4-5-14-11(16)7-9-8-18-12(15-9)10-3-2-6-17-10/h2-3,6,8,13H,4-5,7H2,1H3,(H,14,16). The van der Waals surface area contributed by atoms with Crippen LogP contribution in [0.15, 0.2) is 22.9 Å². The molecule has 2 aromatic heterocycles. The first-order valence-electron chi connectivity index (χ1n) is 5.69. The van der Waals surface area contributed by atoms with Gasteiger partial charge in [-0.15, -0.1) is 22.7 Å². The topological polar surface area (TPSA) is 54.0 Å². The van der Waals surface area contributed by atoms with Gasteiger partial charge in [-0.05, 0) is 18.5 Å². The normalized spacial score (nSPS) is 10.5. The number of hydrogen-bond donors (Lipinski definition) is 2. The molecule has 4 nitrogen and oxygen atoms in total. The van der Waals surface area contributed by atoms with Crippen LogP contribution in [0.5, 0.6) is 0 Å². The van der Waals surface area contributed by atoms with Crippen LogP contribution in [0.25, 0.3) is 9.88 Å². The Kier molecular flexibility index (Phi) is 4.86. The summed E-state index contributed by atoms with van der Waals surface area (Å²) in [6, 6.07) is 4.05. The zero-order valence-corrected chi connectivity index (χ0v) is 11.7. The highest BCUT2D eigenvalue weighted by molar-refractivity contribution is 7.20. The number of hydrogen-bond acceptors (Lipinski definition) is 5. The van der Waals surface area contributed by atoms with Crippen LogP contribution in [0.1, 0.15) is 5.69 Å². The van der Waals surface area contributed by atoms with E-state index in [1.54, 1.807) is 22.7 Å². The maximum Gasteiger partial charge on any atom is 0.226 e. The summed E-state index contributed by atoms with van der Waals surface area (Å²) in [5.74, 6) is 0.0216. The number of aromatic nitrogens is 1. The molecule has 0 aliphatic heterocycles. The minimum atomic E-state index is 0.0216. The van der Waals surface area contributed by atoms with E-state index in [-0.39, 0.29) is 5.91 Å². The molecule has 0 aliphatic carbocycles. The molecular weight excluding hydrogens is 266 g/mol. The highest BCUT2D eigenvalue weighted by Crippen LogP contribution is 2.27. The first kappa shape index (κ1) is 13.2. The van der Waals surface area contributed by atoms with E-state index in [1.807, 2.05) is 29.9 Å². The first-order chi connectivity index (χ1) is 8.79. The van der Waals surface area contributed by atoms with Crippen LogP contribution in [0.3, 0.4) is 0 Å². The van der Waals surface area contributed by atoms with Crippen molar-refractivity contribution in [3.8, 4) is 9.88 Å². The molecule has 0 bridgehead atoms. The molecule has 0 radical (unpaired) electrons. The highest BCUT2D eigenvalue weighted by atomic mass is 32.1. The molecule has 0 atom stereocenters. The number of carbonyl (C=O) groups excluding carboxylic acids is 1. The molecule has 0 unspecified atom stereocenters. The van der Waals surface area contributed by atoms with Gasteiger partial charge in [0.2, 0.25) is 5.91 Å². The maximum atomic E-state index is 11.6. The van der Waals surface area contributed by atoms with Crippen LogP contribution in [-0.2, 0) is 11.2 Å². The van der Waals surface area contributed by atoms with Crippen molar-refractivity contribution in [3.63, 3.8) is 0 Å². The molecule has 0 saturated heterocycles. The van der Waals surface area contributed by atoms with Crippen molar-refractivity contribution in [1.29, 1.82) is 0 Å². The lowest BCUT2D eigenvalue weighted by Gasteiger charge is -2.02. The number of nitrogens with zero attached hydrogens (tertiary/aromatic N) is 1. The largest absolute Gasteiger partial charge is 0.354 e. The van der Waals surface area contributed by atoms with E-state index >= 15 is 0 Å². The smallest absolute Gasteiger partial charge is 0.226 e. The van der Waals surface area contributed by atoms with E-state index < -0.39 is 0 Å². The Bertz CT molecular complexity index is 493. The molecule has 0 fully saturated rings. The number of likely N-dealkylation sites (N-methyl/N-ethyl adjacent to an activating group) is 1. The van der Waals surface area contributed by atoms with Crippen molar-refractivity contribution in [3.05, 3.63) is 28.6 Å². The predicted octanol–water partition coefficient (Wildman–Crippen LogP) is 1.75. The molecule has 18 heavy (non-hydrogen) atoms. The number of carbonyl (C=O) groups is 1. The Hall–Kier alpha value is -1.24. The van der Waals surface area contributed by atoms with E-state index in [4.69, 9.17) is 0 Å². The molecule has 2 aromatic rings. The second-order valence-electron chi connectivity index (χ2n) is 3.75. The Morgan fingerprint density at radius 2 is 2.28 bits per heavy atom. The predicted molar refractivity (Wildman–Crippen MR) is 76.1 cm³/mol. The summed E-state index contributed by atoms with van der Waals surface area (Å²) < 4.78 is 0. The Morgan fingerprint density at radius 3 is 3.00 bits per heavy atom. The third-order valence-electron chi connectivity index (χ3n) is 2.32. The number of thiazole rings is 1. The van der Waals surface area contributed by atoms with Gasteiger partial charge >= 0.3 is 0 Å². The van der Waals surface area contributed by atoms with E-state index in [1.165, 1.54) is 0 Å². The average molecular weight is 281 g/mol. The van der Waals surface area contributed by atoms with E-state index in [9.17, 15) is 4.79 Å². The van der Waals surface area contributed by atoms with Crippen molar-refractivity contribution in [2.75, 3.05) is 20.1 Å². The van der Waals surface area contributed by atoms with Gasteiger partial charge in [0.05, 0.1) is 17.0 Å². The van der Waals surface area contributed by atoms with E-state index in [0.29, 0.717) is 13.0 Å². The first-order valence-corrected chi connectivity index (χ1v) is 7.45. The molecule has 2 rings (SSSR count). The van der Waals surface area contributed by atoms with Gasteiger partial charge in [0, 0.05) is 18.5 Å². The van der Waals surface area contributed by atoms with Gasteiger partial charge in [-0.2, -0.15) is 0 Å². The summed E-state index contributed by atoms with van der Waals surface area (Å²) in [5.41, 5.74) is 0.838. The minimum absolute atomic E-state index is 0.0216. The van der Waals surface area contributed by atoms with Crippen LogP contribution in [-0.4, -0.2) is 31.0 Å². The zero-order valence-electron chi connectivity index (χ0n) is 10.1. The van der Waals surface area contributed by atoms with Crippen LogP contribution in [0, 0.1) is 0 Å². The van der Waals surface area contributed by atoms with Gasteiger partial charge in [0.15, 0.2) is 0 Å². The number of amides is 1. The maximum absolute atomic E-state index is 11.6. The van der Waals surface area contributed by atoms with Gasteiger partial charge < -0.3 is 10.6 Å². The van der Waals surface area contributed by atoms with Gasteiger partial charge in [0.1, 0.15) is 5.01 Å². The second kappa shape index (κ2) is 6.63. The summed E-state index contributed by atoms with van der Waals surface area (Å²) >= 11 is 3.25. The Balaban J connectivity index is 1.89. The molecule has 0 saturated carbocycles. The fraction of sp³-hybridized carbons (Fsp3) is 0.333. The lowest BCUT2D eigenvalue weighted by atomic mass is 10.3. The summed E-state index contributed by atoms with van der Waals surface area (Å²) in [5, 5.41) is 10.8. The third-order valence-corrected chi connectivity index (χ3v) is 4.25.